The molecule has 0 aromatic carbocycles. The molecule has 0 heterocycles. The molecular weight excluding hydrogens is 108 g/mol. The van der Waals surface area contributed by atoms with Crippen LogP contribution in [0.2, 0.25) is 0 Å². The van der Waals surface area contributed by atoms with Gasteiger partial charge in [0.1, 0.15) is 0 Å². The topological polar surface area (TPSA) is 0 Å². The molecule has 9 heavy (non-hydrogen) atoms. The van der Waals surface area contributed by atoms with Gasteiger partial charge >= 0.3 is 0 Å². The second kappa shape index (κ2) is 1.74. The molecule has 2 saturated carbocycles. The van der Waals surface area contributed by atoms with E-state index in [1.165, 1.54) is 38.5 Å². The van der Waals surface area contributed by atoms with Gasteiger partial charge in [-0.05, 0) is 37.0 Å². The van der Waals surface area contributed by atoms with Crippen LogP contribution in [0.4, 0.5) is 0 Å². The monoisotopic (exact) mass is 124 g/mol. The van der Waals surface area contributed by atoms with Gasteiger partial charge in [0.25, 0.3) is 0 Å². The van der Waals surface area contributed by atoms with Crippen LogP contribution in [0.3, 0.4) is 0 Å². The maximum absolute atomic E-state index is 2.50. The van der Waals surface area contributed by atoms with Crippen molar-refractivity contribution in [3.63, 3.8) is 0 Å². The molecule has 0 nitrogen and oxygen atoms in total. The third kappa shape index (κ3) is 0.889. The summed E-state index contributed by atoms with van der Waals surface area (Å²) in [4.78, 5) is 0. The molecule has 0 aromatic heterocycles. The summed E-state index contributed by atoms with van der Waals surface area (Å²) in [5, 5.41) is 0. The molecule has 0 aliphatic heterocycles. The molecule has 0 heteroatoms. The zero-order valence-corrected chi connectivity index (χ0v) is 6.32. The second-order valence-corrected chi connectivity index (χ2v) is 4.14. The molecule has 0 spiro atoms. The van der Waals surface area contributed by atoms with Gasteiger partial charge in [-0.25, -0.2) is 0 Å². The SMILES string of the molecule is CC1(C2CC2)CCCC1. The summed E-state index contributed by atoms with van der Waals surface area (Å²) >= 11 is 0. The van der Waals surface area contributed by atoms with Gasteiger partial charge in [0.15, 0.2) is 0 Å². The maximum atomic E-state index is 2.50. The Morgan fingerprint density at radius 1 is 1.11 bits per heavy atom. The largest absolute Gasteiger partial charge is 0.0594 e. The van der Waals surface area contributed by atoms with E-state index in [1.54, 1.807) is 0 Å². The highest BCUT2D eigenvalue weighted by molar-refractivity contribution is 4.93. The minimum atomic E-state index is 0.806. The molecule has 2 fully saturated rings. The Hall–Kier alpha value is 0. The lowest BCUT2D eigenvalue weighted by Crippen LogP contribution is -2.12. The molecule has 2 rings (SSSR count). The normalized spacial score (nSPS) is 33.0. The van der Waals surface area contributed by atoms with Crippen LogP contribution in [-0.2, 0) is 0 Å². The van der Waals surface area contributed by atoms with Gasteiger partial charge in [-0.2, -0.15) is 0 Å². The Morgan fingerprint density at radius 3 is 2.11 bits per heavy atom. The van der Waals surface area contributed by atoms with Crippen molar-refractivity contribution in [2.45, 2.75) is 45.4 Å². The van der Waals surface area contributed by atoms with E-state index < -0.39 is 0 Å². The summed E-state index contributed by atoms with van der Waals surface area (Å²) in [6, 6.07) is 0. The first-order chi connectivity index (χ1) is 4.31. The summed E-state index contributed by atoms with van der Waals surface area (Å²) in [5.41, 5.74) is 0.806. The fourth-order valence-corrected chi connectivity index (χ4v) is 2.37. The van der Waals surface area contributed by atoms with E-state index >= 15 is 0 Å². The first kappa shape index (κ1) is 5.76. The second-order valence-electron chi connectivity index (χ2n) is 4.14. The van der Waals surface area contributed by atoms with Crippen molar-refractivity contribution in [3.8, 4) is 0 Å². The van der Waals surface area contributed by atoms with Gasteiger partial charge in [-0.15, -0.1) is 0 Å². The minimum absolute atomic E-state index is 0.806. The zero-order chi connectivity index (χ0) is 6.32. The maximum Gasteiger partial charge on any atom is -0.0298 e. The van der Waals surface area contributed by atoms with E-state index in [2.05, 4.69) is 6.92 Å². The molecule has 2 aliphatic carbocycles. The fourth-order valence-electron chi connectivity index (χ4n) is 2.37. The van der Waals surface area contributed by atoms with Crippen LogP contribution in [0.5, 0.6) is 0 Å². The highest BCUT2D eigenvalue weighted by atomic mass is 14.5. The smallest absolute Gasteiger partial charge is 0.0298 e. The predicted molar refractivity (Wildman–Crippen MR) is 39.3 cm³/mol. The summed E-state index contributed by atoms with van der Waals surface area (Å²) < 4.78 is 0. The average Bonchev–Trinajstić information content (AvgIpc) is 2.60. The van der Waals surface area contributed by atoms with Crippen LogP contribution in [0, 0.1) is 11.3 Å². The molecule has 0 saturated heterocycles. The lowest BCUT2D eigenvalue weighted by Gasteiger charge is -2.22. The van der Waals surface area contributed by atoms with Crippen LogP contribution in [-0.4, -0.2) is 0 Å². The Bertz CT molecular complexity index is 105. The number of hydrogen-bond acceptors (Lipinski definition) is 0. The molecule has 2 aliphatic rings. The van der Waals surface area contributed by atoms with E-state index in [-0.39, 0.29) is 0 Å². The van der Waals surface area contributed by atoms with Crippen LogP contribution in [0.25, 0.3) is 0 Å². The van der Waals surface area contributed by atoms with Crippen molar-refractivity contribution in [1.82, 2.24) is 0 Å². The highest BCUT2D eigenvalue weighted by Crippen LogP contribution is 2.54. The Morgan fingerprint density at radius 2 is 1.67 bits per heavy atom. The van der Waals surface area contributed by atoms with Crippen LogP contribution >= 0.6 is 0 Å². The number of hydrogen-bond donors (Lipinski definition) is 0. The molecule has 0 amide bonds. The van der Waals surface area contributed by atoms with Crippen molar-refractivity contribution in [2.24, 2.45) is 11.3 Å². The average molecular weight is 124 g/mol. The third-order valence-corrected chi connectivity index (χ3v) is 3.31. The summed E-state index contributed by atoms with van der Waals surface area (Å²) in [5.74, 6) is 1.14. The van der Waals surface area contributed by atoms with Crippen molar-refractivity contribution < 1.29 is 0 Å². The van der Waals surface area contributed by atoms with Crippen LogP contribution < -0.4 is 0 Å². The molecule has 0 aromatic rings. The van der Waals surface area contributed by atoms with Crippen molar-refractivity contribution in [1.29, 1.82) is 0 Å². The molecular formula is C9H16. The lowest BCUT2D eigenvalue weighted by atomic mass is 9.83. The van der Waals surface area contributed by atoms with E-state index in [0.717, 1.165) is 11.3 Å². The van der Waals surface area contributed by atoms with Crippen molar-refractivity contribution in [3.05, 3.63) is 0 Å². The van der Waals surface area contributed by atoms with E-state index in [1.807, 2.05) is 0 Å². The predicted octanol–water partition coefficient (Wildman–Crippen LogP) is 2.98. The van der Waals surface area contributed by atoms with Gasteiger partial charge < -0.3 is 0 Å². The standard InChI is InChI=1S/C9H16/c1-9(8-4-5-8)6-2-3-7-9/h8H,2-7H2,1H3. The zero-order valence-electron chi connectivity index (χ0n) is 6.32. The van der Waals surface area contributed by atoms with Gasteiger partial charge in [-0.3, -0.25) is 0 Å². The van der Waals surface area contributed by atoms with Crippen LogP contribution in [0.1, 0.15) is 45.4 Å². The summed E-state index contributed by atoms with van der Waals surface area (Å²) in [6.07, 6.45) is 9.14. The summed E-state index contributed by atoms with van der Waals surface area (Å²) in [6.45, 7) is 2.50. The lowest BCUT2D eigenvalue weighted by molar-refractivity contribution is 0.283. The molecule has 0 atom stereocenters. The third-order valence-electron chi connectivity index (χ3n) is 3.31. The molecule has 0 radical (unpaired) electrons. The van der Waals surface area contributed by atoms with E-state index in [9.17, 15) is 0 Å². The Balaban J connectivity index is 2.02. The minimum Gasteiger partial charge on any atom is -0.0594 e. The van der Waals surface area contributed by atoms with Crippen molar-refractivity contribution >= 4 is 0 Å². The van der Waals surface area contributed by atoms with Crippen LogP contribution in [0.15, 0.2) is 0 Å². The molecule has 0 unspecified atom stereocenters. The van der Waals surface area contributed by atoms with Crippen molar-refractivity contribution in [2.75, 3.05) is 0 Å². The van der Waals surface area contributed by atoms with Gasteiger partial charge in [-0.1, -0.05) is 19.8 Å². The summed E-state index contributed by atoms with van der Waals surface area (Å²) in [7, 11) is 0. The van der Waals surface area contributed by atoms with Gasteiger partial charge in [0, 0.05) is 0 Å². The van der Waals surface area contributed by atoms with Gasteiger partial charge in [0.05, 0.1) is 0 Å². The first-order valence-corrected chi connectivity index (χ1v) is 4.31. The fraction of sp³-hybridized carbons (Fsp3) is 1.00. The first-order valence-electron chi connectivity index (χ1n) is 4.31. The quantitative estimate of drug-likeness (QED) is 0.504. The van der Waals surface area contributed by atoms with Gasteiger partial charge in [0.2, 0.25) is 0 Å². The highest BCUT2D eigenvalue weighted by Gasteiger charge is 2.42. The number of rotatable bonds is 1. The van der Waals surface area contributed by atoms with E-state index in [4.69, 9.17) is 0 Å². The Kier molecular flexibility index (Phi) is 1.12. The van der Waals surface area contributed by atoms with E-state index in [0.29, 0.717) is 0 Å². The molecule has 0 N–H and O–H groups in total. The Labute approximate surface area is 57.6 Å². The molecule has 52 valence electrons. The molecule has 0 bridgehead atoms.